The molecule has 4 heteroatoms. The van der Waals surface area contributed by atoms with Gasteiger partial charge in [0.25, 0.3) is 0 Å². The van der Waals surface area contributed by atoms with E-state index in [1.54, 1.807) is 12.4 Å². The first kappa shape index (κ1) is 10.5. The second-order valence-electron chi connectivity index (χ2n) is 4.93. The lowest BCUT2D eigenvalue weighted by Crippen LogP contribution is -2.28. The molecule has 3 rings (SSSR count). The summed E-state index contributed by atoms with van der Waals surface area (Å²) in [7, 11) is 0. The molecule has 0 spiro atoms. The molecule has 2 fully saturated rings. The lowest BCUT2D eigenvalue weighted by molar-refractivity contribution is 0.241. The van der Waals surface area contributed by atoms with Crippen LogP contribution in [0.1, 0.15) is 31.4 Å². The Morgan fingerprint density at radius 3 is 2.56 bits per heavy atom. The molecule has 0 atom stereocenters. The molecule has 2 aliphatic carbocycles. The van der Waals surface area contributed by atoms with E-state index in [4.69, 9.17) is 11.6 Å². The van der Waals surface area contributed by atoms with Gasteiger partial charge in [0, 0.05) is 19.1 Å². The molecule has 0 N–H and O–H groups in total. The fourth-order valence-electron chi connectivity index (χ4n) is 2.04. The molecule has 16 heavy (non-hydrogen) atoms. The van der Waals surface area contributed by atoms with Gasteiger partial charge in [0.15, 0.2) is 0 Å². The van der Waals surface area contributed by atoms with Gasteiger partial charge in [0.1, 0.15) is 5.15 Å². The molecule has 0 saturated heterocycles. The van der Waals surface area contributed by atoms with Crippen molar-refractivity contribution in [2.24, 2.45) is 5.92 Å². The van der Waals surface area contributed by atoms with Crippen LogP contribution in [0.5, 0.6) is 0 Å². The Bertz CT molecular complexity index is 357. The zero-order valence-electron chi connectivity index (χ0n) is 9.27. The van der Waals surface area contributed by atoms with Crippen molar-refractivity contribution in [3.8, 4) is 0 Å². The Morgan fingerprint density at radius 1 is 1.19 bits per heavy atom. The van der Waals surface area contributed by atoms with E-state index < -0.39 is 0 Å². The Kier molecular flexibility index (Phi) is 2.82. The van der Waals surface area contributed by atoms with E-state index in [0.717, 1.165) is 24.2 Å². The average Bonchev–Trinajstić information content (AvgIpc) is 3.14. The highest BCUT2D eigenvalue weighted by Crippen LogP contribution is 2.35. The van der Waals surface area contributed by atoms with Crippen LogP contribution in [0.4, 0.5) is 0 Å². The van der Waals surface area contributed by atoms with E-state index >= 15 is 0 Å². The van der Waals surface area contributed by atoms with E-state index in [9.17, 15) is 0 Å². The molecule has 0 unspecified atom stereocenters. The second-order valence-corrected chi connectivity index (χ2v) is 5.32. The van der Waals surface area contributed by atoms with E-state index in [0.29, 0.717) is 5.15 Å². The SMILES string of the molecule is Clc1cnc(CN(CC2CC2)C2CC2)cn1. The van der Waals surface area contributed by atoms with Crippen molar-refractivity contribution >= 4 is 11.6 Å². The van der Waals surface area contributed by atoms with Gasteiger partial charge in [-0.25, -0.2) is 4.98 Å². The van der Waals surface area contributed by atoms with Gasteiger partial charge in [0.2, 0.25) is 0 Å². The van der Waals surface area contributed by atoms with Crippen LogP contribution in [0, 0.1) is 5.92 Å². The lowest BCUT2D eigenvalue weighted by Gasteiger charge is -2.21. The summed E-state index contributed by atoms with van der Waals surface area (Å²) >= 11 is 5.73. The molecule has 0 aromatic carbocycles. The Labute approximate surface area is 101 Å². The first-order valence-corrected chi connectivity index (χ1v) is 6.39. The van der Waals surface area contributed by atoms with Crippen molar-refractivity contribution in [3.05, 3.63) is 23.2 Å². The Hall–Kier alpha value is -0.670. The van der Waals surface area contributed by atoms with Gasteiger partial charge >= 0.3 is 0 Å². The van der Waals surface area contributed by atoms with E-state index in [1.165, 1.54) is 32.2 Å². The van der Waals surface area contributed by atoms with Crippen molar-refractivity contribution in [1.82, 2.24) is 14.9 Å². The molecule has 0 aliphatic heterocycles. The summed E-state index contributed by atoms with van der Waals surface area (Å²) in [6.07, 6.45) is 8.97. The lowest BCUT2D eigenvalue weighted by atomic mass is 10.3. The quantitative estimate of drug-likeness (QED) is 0.788. The fourth-order valence-corrected chi connectivity index (χ4v) is 2.14. The zero-order chi connectivity index (χ0) is 11.0. The largest absolute Gasteiger partial charge is 0.294 e. The molecule has 0 bridgehead atoms. The predicted octanol–water partition coefficient (Wildman–Crippen LogP) is 2.50. The molecule has 86 valence electrons. The minimum absolute atomic E-state index is 0.476. The van der Waals surface area contributed by atoms with Gasteiger partial charge in [-0.3, -0.25) is 9.88 Å². The molecular formula is C12H16ClN3. The minimum Gasteiger partial charge on any atom is -0.294 e. The van der Waals surface area contributed by atoms with Crippen LogP contribution < -0.4 is 0 Å². The fraction of sp³-hybridized carbons (Fsp3) is 0.667. The highest BCUT2D eigenvalue weighted by molar-refractivity contribution is 6.29. The van der Waals surface area contributed by atoms with Crippen molar-refractivity contribution in [2.45, 2.75) is 38.3 Å². The number of hydrogen-bond donors (Lipinski definition) is 0. The number of halogens is 1. The van der Waals surface area contributed by atoms with Gasteiger partial charge in [-0.1, -0.05) is 11.6 Å². The number of hydrogen-bond acceptors (Lipinski definition) is 3. The molecule has 2 saturated carbocycles. The van der Waals surface area contributed by atoms with Gasteiger partial charge in [-0.2, -0.15) is 0 Å². The Balaban J connectivity index is 1.63. The smallest absolute Gasteiger partial charge is 0.147 e. The summed E-state index contributed by atoms with van der Waals surface area (Å²) in [6.45, 7) is 2.18. The van der Waals surface area contributed by atoms with Gasteiger partial charge in [-0.05, 0) is 31.6 Å². The van der Waals surface area contributed by atoms with Crippen LogP contribution in [-0.4, -0.2) is 27.5 Å². The number of nitrogens with zero attached hydrogens (tertiary/aromatic N) is 3. The summed E-state index contributed by atoms with van der Waals surface area (Å²) in [6, 6.07) is 0.804. The molecule has 1 aromatic rings. The molecule has 1 aromatic heterocycles. The van der Waals surface area contributed by atoms with Crippen molar-refractivity contribution in [2.75, 3.05) is 6.54 Å². The third-order valence-corrected chi connectivity index (χ3v) is 3.49. The van der Waals surface area contributed by atoms with Crippen LogP contribution in [-0.2, 0) is 6.54 Å². The van der Waals surface area contributed by atoms with E-state index in [1.807, 2.05) is 0 Å². The summed E-state index contributed by atoms with van der Waals surface area (Å²) in [5.74, 6) is 0.945. The highest BCUT2D eigenvalue weighted by atomic mass is 35.5. The average molecular weight is 238 g/mol. The highest BCUT2D eigenvalue weighted by Gasteiger charge is 2.33. The first-order chi connectivity index (χ1) is 7.81. The third-order valence-electron chi connectivity index (χ3n) is 3.29. The van der Waals surface area contributed by atoms with Gasteiger partial charge < -0.3 is 0 Å². The maximum absolute atomic E-state index is 5.73. The van der Waals surface area contributed by atoms with E-state index in [2.05, 4.69) is 14.9 Å². The van der Waals surface area contributed by atoms with Crippen LogP contribution in [0.2, 0.25) is 5.15 Å². The summed E-state index contributed by atoms with van der Waals surface area (Å²) in [4.78, 5) is 11.0. The van der Waals surface area contributed by atoms with Crippen LogP contribution in [0.15, 0.2) is 12.4 Å². The van der Waals surface area contributed by atoms with Crippen molar-refractivity contribution in [3.63, 3.8) is 0 Å². The van der Waals surface area contributed by atoms with Gasteiger partial charge in [0.05, 0.1) is 18.1 Å². The standard InChI is InChI=1S/C12H16ClN3/c13-12-6-14-10(5-15-12)8-16(11-3-4-11)7-9-1-2-9/h5-6,9,11H,1-4,7-8H2. The van der Waals surface area contributed by atoms with Crippen LogP contribution in [0.3, 0.4) is 0 Å². The van der Waals surface area contributed by atoms with Gasteiger partial charge in [-0.15, -0.1) is 0 Å². The minimum atomic E-state index is 0.476. The van der Waals surface area contributed by atoms with Crippen LogP contribution in [0.25, 0.3) is 0 Å². The van der Waals surface area contributed by atoms with Crippen molar-refractivity contribution < 1.29 is 0 Å². The zero-order valence-corrected chi connectivity index (χ0v) is 10.0. The second kappa shape index (κ2) is 4.30. The molecule has 2 aliphatic rings. The summed E-state index contributed by atoms with van der Waals surface area (Å²) in [5, 5.41) is 0.476. The Morgan fingerprint density at radius 2 is 2.00 bits per heavy atom. The molecule has 0 radical (unpaired) electrons. The summed E-state index contributed by atoms with van der Waals surface area (Å²) < 4.78 is 0. The molecule has 3 nitrogen and oxygen atoms in total. The van der Waals surface area contributed by atoms with Crippen LogP contribution >= 0.6 is 11.6 Å². The number of aromatic nitrogens is 2. The topological polar surface area (TPSA) is 29.0 Å². The summed E-state index contributed by atoms with van der Waals surface area (Å²) in [5.41, 5.74) is 1.04. The molecule has 0 amide bonds. The molecular weight excluding hydrogens is 222 g/mol. The first-order valence-electron chi connectivity index (χ1n) is 6.02. The third kappa shape index (κ3) is 2.71. The van der Waals surface area contributed by atoms with Crippen molar-refractivity contribution in [1.29, 1.82) is 0 Å². The van der Waals surface area contributed by atoms with E-state index in [-0.39, 0.29) is 0 Å². The molecule has 1 heterocycles. The normalized spacial score (nSPS) is 20.4. The monoisotopic (exact) mass is 237 g/mol. The predicted molar refractivity (Wildman–Crippen MR) is 63.2 cm³/mol. The maximum Gasteiger partial charge on any atom is 0.147 e. The number of rotatable bonds is 5. The maximum atomic E-state index is 5.73.